The highest BCUT2D eigenvalue weighted by molar-refractivity contribution is 6.35. The third kappa shape index (κ3) is 3.88. The Morgan fingerprint density at radius 3 is 2.70 bits per heavy atom. The van der Waals surface area contributed by atoms with Gasteiger partial charge in [-0.3, -0.25) is 0 Å². The van der Waals surface area contributed by atoms with Crippen molar-refractivity contribution < 1.29 is 0 Å². The van der Waals surface area contributed by atoms with Crippen LogP contribution in [0.1, 0.15) is 50.6 Å². The first-order chi connectivity index (χ1) is 9.61. The van der Waals surface area contributed by atoms with Crippen molar-refractivity contribution in [3.05, 3.63) is 33.8 Å². The molecule has 0 heterocycles. The highest BCUT2D eigenvalue weighted by Crippen LogP contribution is 2.29. The first-order valence-electron chi connectivity index (χ1n) is 7.22. The van der Waals surface area contributed by atoms with Crippen LogP contribution in [0, 0.1) is 17.2 Å². The van der Waals surface area contributed by atoms with E-state index < -0.39 is 0 Å². The maximum atomic E-state index is 9.33. The zero-order chi connectivity index (χ0) is 14.5. The molecule has 1 aliphatic carbocycles. The molecular weight excluding hydrogens is 291 g/mol. The molecule has 3 atom stereocenters. The van der Waals surface area contributed by atoms with E-state index in [1.54, 1.807) is 6.07 Å². The minimum atomic E-state index is 0.103. The Hall–Kier alpha value is -0.750. The lowest BCUT2D eigenvalue weighted by Crippen LogP contribution is -2.36. The second kappa shape index (κ2) is 7.31. The average molecular weight is 311 g/mol. The number of hydrogen-bond donors (Lipinski definition) is 1. The summed E-state index contributed by atoms with van der Waals surface area (Å²) in [6.07, 6.45) is 5.64. The Morgan fingerprint density at radius 2 is 2.00 bits per heavy atom. The molecule has 108 valence electrons. The Morgan fingerprint density at radius 1 is 1.25 bits per heavy atom. The largest absolute Gasteiger partial charge is 0.306 e. The molecule has 3 unspecified atom stereocenters. The molecule has 0 aromatic heterocycles. The quantitative estimate of drug-likeness (QED) is 0.787. The van der Waals surface area contributed by atoms with Crippen molar-refractivity contribution in [1.29, 1.82) is 5.26 Å². The summed E-state index contributed by atoms with van der Waals surface area (Å²) >= 11 is 12.2. The lowest BCUT2D eigenvalue weighted by molar-refractivity contribution is 0.361. The van der Waals surface area contributed by atoms with Gasteiger partial charge in [0.05, 0.1) is 12.0 Å². The van der Waals surface area contributed by atoms with Gasteiger partial charge in [-0.1, -0.05) is 48.5 Å². The van der Waals surface area contributed by atoms with Gasteiger partial charge in [-0.05, 0) is 37.5 Å². The molecule has 0 bridgehead atoms. The summed E-state index contributed by atoms with van der Waals surface area (Å²) in [5.74, 6) is 0.103. The molecule has 4 heteroatoms. The second-order valence-corrected chi connectivity index (χ2v) is 6.38. The van der Waals surface area contributed by atoms with Crippen molar-refractivity contribution in [2.75, 3.05) is 0 Å². The fraction of sp³-hybridized carbons (Fsp3) is 0.562. The fourth-order valence-electron chi connectivity index (χ4n) is 2.93. The average Bonchev–Trinajstić information content (AvgIpc) is 2.63. The summed E-state index contributed by atoms with van der Waals surface area (Å²) in [6.45, 7) is 2.09. The fourth-order valence-corrected chi connectivity index (χ4v) is 3.50. The van der Waals surface area contributed by atoms with Crippen LogP contribution >= 0.6 is 23.2 Å². The molecule has 1 aliphatic rings. The van der Waals surface area contributed by atoms with Gasteiger partial charge in [-0.15, -0.1) is 0 Å². The van der Waals surface area contributed by atoms with Gasteiger partial charge in [-0.2, -0.15) is 5.26 Å². The summed E-state index contributed by atoms with van der Waals surface area (Å²) in [5.41, 5.74) is 1.04. The van der Waals surface area contributed by atoms with Crippen LogP contribution < -0.4 is 5.32 Å². The topological polar surface area (TPSA) is 35.8 Å². The monoisotopic (exact) mass is 310 g/mol. The maximum Gasteiger partial charge on any atom is 0.0672 e. The maximum absolute atomic E-state index is 9.33. The van der Waals surface area contributed by atoms with Crippen molar-refractivity contribution >= 4 is 23.2 Å². The molecule has 0 radical (unpaired) electrons. The van der Waals surface area contributed by atoms with E-state index in [0.717, 1.165) is 24.8 Å². The zero-order valence-corrected chi connectivity index (χ0v) is 13.2. The normalized spacial score (nSPS) is 24.7. The smallest absolute Gasteiger partial charge is 0.0672 e. The van der Waals surface area contributed by atoms with Crippen LogP contribution in [-0.4, -0.2) is 6.04 Å². The Bertz CT molecular complexity index is 496. The molecule has 1 aromatic rings. The van der Waals surface area contributed by atoms with Gasteiger partial charge in [0.25, 0.3) is 0 Å². The molecular formula is C16H20Cl2N2. The van der Waals surface area contributed by atoms with Gasteiger partial charge in [0, 0.05) is 22.1 Å². The third-order valence-electron chi connectivity index (χ3n) is 4.07. The number of halogens is 2. The molecule has 0 spiro atoms. The van der Waals surface area contributed by atoms with Crippen LogP contribution in [0.25, 0.3) is 0 Å². The standard InChI is InChI=1S/C16H20Cl2N2/c1-11(14-8-7-13(17)9-15(14)18)20-16-6-4-2-3-5-12(16)10-19/h7-9,11-12,16,20H,2-6H2,1H3. The first-order valence-corrected chi connectivity index (χ1v) is 7.98. The molecule has 20 heavy (non-hydrogen) atoms. The molecule has 2 rings (SSSR count). The van der Waals surface area contributed by atoms with Gasteiger partial charge in [-0.25, -0.2) is 0 Å². The van der Waals surface area contributed by atoms with Crippen molar-refractivity contribution in [3.8, 4) is 6.07 Å². The number of nitrogens with one attached hydrogen (secondary N) is 1. The number of nitrogens with zero attached hydrogens (tertiary/aromatic N) is 1. The lowest BCUT2D eigenvalue weighted by atomic mass is 9.94. The number of hydrogen-bond acceptors (Lipinski definition) is 2. The van der Waals surface area contributed by atoms with Crippen LogP contribution in [0.2, 0.25) is 10.0 Å². The van der Waals surface area contributed by atoms with Crippen molar-refractivity contribution in [1.82, 2.24) is 5.32 Å². The summed E-state index contributed by atoms with van der Waals surface area (Å²) < 4.78 is 0. The number of nitriles is 1. The van der Waals surface area contributed by atoms with Crippen molar-refractivity contribution in [2.24, 2.45) is 5.92 Å². The molecule has 1 aromatic carbocycles. The second-order valence-electron chi connectivity index (χ2n) is 5.53. The van der Waals surface area contributed by atoms with Crippen LogP contribution in [0.5, 0.6) is 0 Å². The van der Waals surface area contributed by atoms with Crippen molar-refractivity contribution in [2.45, 2.75) is 51.1 Å². The predicted octanol–water partition coefficient (Wildman–Crippen LogP) is 5.12. The van der Waals surface area contributed by atoms with Crippen LogP contribution in [0.4, 0.5) is 0 Å². The molecule has 2 nitrogen and oxygen atoms in total. The molecule has 0 aliphatic heterocycles. The van der Waals surface area contributed by atoms with E-state index in [-0.39, 0.29) is 18.0 Å². The predicted molar refractivity (Wildman–Crippen MR) is 84.0 cm³/mol. The minimum Gasteiger partial charge on any atom is -0.306 e. The Balaban J connectivity index is 2.09. The highest BCUT2D eigenvalue weighted by atomic mass is 35.5. The summed E-state index contributed by atoms with van der Waals surface area (Å²) in [5, 5.41) is 14.2. The van der Waals surface area contributed by atoms with E-state index in [1.807, 2.05) is 12.1 Å². The SMILES string of the molecule is CC(NC1CCCCCC1C#N)c1ccc(Cl)cc1Cl. The number of benzene rings is 1. The molecule has 0 amide bonds. The van der Waals surface area contributed by atoms with Gasteiger partial charge in [0.1, 0.15) is 0 Å². The lowest BCUT2D eigenvalue weighted by Gasteiger charge is -2.26. The molecule has 1 fully saturated rings. The third-order valence-corrected chi connectivity index (χ3v) is 4.64. The van der Waals surface area contributed by atoms with Crippen LogP contribution in [0.15, 0.2) is 18.2 Å². The van der Waals surface area contributed by atoms with Gasteiger partial charge in [0.2, 0.25) is 0 Å². The summed E-state index contributed by atoms with van der Waals surface area (Å²) in [6, 6.07) is 8.42. The Labute approximate surface area is 131 Å². The van der Waals surface area contributed by atoms with E-state index in [2.05, 4.69) is 18.3 Å². The van der Waals surface area contributed by atoms with E-state index >= 15 is 0 Å². The number of rotatable bonds is 3. The minimum absolute atomic E-state index is 0.103. The highest BCUT2D eigenvalue weighted by Gasteiger charge is 2.25. The van der Waals surface area contributed by atoms with E-state index in [1.165, 1.54) is 12.8 Å². The first kappa shape index (κ1) is 15.6. The van der Waals surface area contributed by atoms with Crippen LogP contribution in [-0.2, 0) is 0 Å². The Kier molecular flexibility index (Phi) is 5.72. The van der Waals surface area contributed by atoms with Gasteiger partial charge < -0.3 is 5.32 Å². The molecule has 1 N–H and O–H groups in total. The zero-order valence-electron chi connectivity index (χ0n) is 11.7. The van der Waals surface area contributed by atoms with Crippen LogP contribution in [0.3, 0.4) is 0 Å². The van der Waals surface area contributed by atoms with Gasteiger partial charge in [0.15, 0.2) is 0 Å². The van der Waals surface area contributed by atoms with Crippen molar-refractivity contribution in [3.63, 3.8) is 0 Å². The van der Waals surface area contributed by atoms with E-state index in [4.69, 9.17) is 23.2 Å². The van der Waals surface area contributed by atoms with E-state index in [9.17, 15) is 5.26 Å². The van der Waals surface area contributed by atoms with E-state index in [0.29, 0.717) is 10.0 Å². The molecule has 0 saturated heterocycles. The summed E-state index contributed by atoms with van der Waals surface area (Å²) in [7, 11) is 0. The summed E-state index contributed by atoms with van der Waals surface area (Å²) in [4.78, 5) is 0. The van der Waals surface area contributed by atoms with Gasteiger partial charge >= 0.3 is 0 Å². The molecule has 1 saturated carbocycles.